The predicted octanol–water partition coefficient (Wildman–Crippen LogP) is 2.57. The molecule has 3 rings (SSSR count). The zero-order chi connectivity index (χ0) is 14.5. The summed E-state index contributed by atoms with van der Waals surface area (Å²) in [6.07, 6.45) is 0.745. The van der Waals surface area contributed by atoms with Crippen molar-refractivity contribution in [2.75, 3.05) is 11.9 Å². The summed E-state index contributed by atoms with van der Waals surface area (Å²) < 4.78 is 0. The summed E-state index contributed by atoms with van der Waals surface area (Å²) in [5.74, 6) is 0.109. The molecule has 2 heterocycles. The molecule has 0 spiro atoms. The Bertz CT molecular complexity index is 559. The second-order valence-electron chi connectivity index (χ2n) is 6.16. The Balaban J connectivity index is 2.10. The number of hydrogen-bond donors (Lipinski definition) is 2. The van der Waals surface area contributed by atoms with Crippen molar-refractivity contribution in [3.63, 3.8) is 0 Å². The van der Waals surface area contributed by atoms with Gasteiger partial charge < -0.3 is 15.3 Å². The molecule has 1 amide bonds. The molecule has 2 aliphatic rings. The van der Waals surface area contributed by atoms with E-state index in [1.54, 1.807) is 4.90 Å². The fourth-order valence-electron chi connectivity index (χ4n) is 3.18. The lowest BCUT2D eigenvalue weighted by atomic mass is 9.82. The second-order valence-corrected chi connectivity index (χ2v) is 6.60. The summed E-state index contributed by atoms with van der Waals surface area (Å²) in [6.45, 7) is 4.59. The molecule has 108 valence electrons. The number of aliphatic hydroxyl groups is 1. The van der Waals surface area contributed by atoms with Gasteiger partial charge in [-0.1, -0.05) is 11.6 Å². The molecule has 0 unspecified atom stereocenters. The molecule has 1 saturated heterocycles. The number of carbonyl (C=O) groups is 1. The van der Waals surface area contributed by atoms with Gasteiger partial charge in [-0.2, -0.15) is 0 Å². The Hall–Kier alpha value is -1.26. The monoisotopic (exact) mass is 294 g/mol. The van der Waals surface area contributed by atoms with Crippen LogP contribution in [0.1, 0.15) is 38.3 Å². The molecule has 20 heavy (non-hydrogen) atoms. The van der Waals surface area contributed by atoms with E-state index < -0.39 is 11.6 Å². The molecule has 1 fully saturated rings. The smallest absolute Gasteiger partial charge is 0.223 e. The topological polar surface area (TPSA) is 52.6 Å². The van der Waals surface area contributed by atoms with Gasteiger partial charge in [0.1, 0.15) is 6.10 Å². The third kappa shape index (κ3) is 2.07. The Morgan fingerprint density at radius 3 is 2.85 bits per heavy atom. The maximum atomic E-state index is 12.1. The van der Waals surface area contributed by atoms with Gasteiger partial charge in [0, 0.05) is 29.2 Å². The maximum Gasteiger partial charge on any atom is 0.223 e. The number of halogens is 1. The zero-order valence-electron chi connectivity index (χ0n) is 11.7. The molecule has 1 aromatic rings. The molecule has 2 atom stereocenters. The minimum absolute atomic E-state index is 0.109. The first-order valence-electron chi connectivity index (χ1n) is 6.95. The number of anilines is 1. The fraction of sp³-hybridized carbons (Fsp3) is 0.533. The van der Waals surface area contributed by atoms with Crippen molar-refractivity contribution in [3.05, 3.63) is 28.8 Å². The van der Waals surface area contributed by atoms with Crippen LogP contribution in [0.15, 0.2) is 18.2 Å². The van der Waals surface area contributed by atoms with E-state index in [1.165, 1.54) is 0 Å². The van der Waals surface area contributed by atoms with Crippen molar-refractivity contribution < 1.29 is 9.90 Å². The van der Waals surface area contributed by atoms with Crippen molar-refractivity contribution in [1.29, 1.82) is 0 Å². The first kappa shape index (κ1) is 13.7. The van der Waals surface area contributed by atoms with E-state index in [2.05, 4.69) is 5.32 Å². The van der Waals surface area contributed by atoms with Crippen LogP contribution < -0.4 is 5.32 Å². The predicted molar refractivity (Wildman–Crippen MR) is 78.8 cm³/mol. The van der Waals surface area contributed by atoms with E-state index in [4.69, 9.17) is 11.6 Å². The number of nitrogens with one attached hydrogen (secondary N) is 1. The van der Waals surface area contributed by atoms with Gasteiger partial charge in [-0.15, -0.1) is 0 Å². The van der Waals surface area contributed by atoms with Crippen LogP contribution in [0.25, 0.3) is 0 Å². The van der Waals surface area contributed by atoms with E-state index >= 15 is 0 Å². The molecule has 4 nitrogen and oxygen atoms in total. The maximum absolute atomic E-state index is 12.1. The van der Waals surface area contributed by atoms with Crippen LogP contribution in [0, 0.1) is 0 Å². The van der Waals surface area contributed by atoms with E-state index in [0.29, 0.717) is 18.0 Å². The van der Waals surface area contributed by atoms with Crippen LogP contribution in [-0.4, -0.2) is 34.1 Å². The Kier molecular flexibility index (Phi) is 3.18. The van der Waals surface area contributed by atoms with Gasteiger partial charge in [0.05, 0.1) is 11.6 Å². The minimum atomic E-state index is -0.671. The number of likely N-dealkylation sites (tertiary alicyclic amines) is 1. The summed E-state index contributed by atoms with van der Waals surface area (Å²) >= 11 is 6.09. The molecule has 5 heteroatoms. The lowest BCUT2D eigenvalue weighted by Gasteiger charge is -2.46. The molecule has 2 aliphatic heterocycles. The average molecular weight is 295 g/mol. The van der Waals surface area contributed by atoms with Gasteiger partial charge >= 0.3 is 0 Å². The van der Waals surface area contributed by atoms with E-state index in [9.17, 15) is 9.90 Å². The molecule has 0 aliphatic carbocycles. The zero-order valence-corrected chi connectivity index (χ0v) is 12.4. The number of carbonyl (C=O) groups excluding carboxylic acids is 1. The first-order valence-corrected chi connectivity index (χ1v) is 7.33. The largest absolute Gasteiger partial charge is 0.388 e. The van der Waals surface area contributed by atoms with Crippen molar-refractivity contribution in [3.8, 4) is 0 Å². The minimum Gasteiger partial charge on any atom is -0.388 e. The van der Waals surface area contributed by atoms with Gasteiger partial charge in [-0.3, -0.25) is 4.79 Å². The average Bonchev–Trinajstić information content (AvgIpc) is 2.78. The molecular formula is C15H19ClN2O2. The summed E-state index contributed by atoms with van der Waals surface area (Å²) in [7, 11) is 0. The van der Waals surface area contributed by atoms with Gasteiger partial charge in [0.2, 0.25) is 5.91 Å². The molecule has 0 bridgehead atoms. The molecule has 1 aromatic carbocycles. The highest BCUT2D eigenvalue weighted by Gasteiger charge is 2.45. The number of benzene rings is 1. The number of amides is 1. The third-order valence-electron chi connectivity index (χ3n) is 4.27. The van der Waals surface area contributed by atoms with E-state index in [1.807, 2.05) is 32.0 Å². The van der Waals surface area contributed by atoms with Gasteiger partial charge in [0.25, 0.3) is 0 Å². The van der Waals surface area contributed by atoms with Crippen molar-refractivity contribution >= 4 is 23.2 Å². The number of nitrogens with zero attached hydrogens (tertiary/aromatic N) is 1. The molecule has 0 aromatic heterocycles. The van der Waals surface area contributed by atoms with Gasteiger partial charge in [-0.05, 0) is 38.5 Å². The highest BCUT2D eigenvalue weighted by Crippen LogP contribution is 2.43. The van der Waals surface area contributed by atoms with Crippen LogP contribution in [0.4, 0.5) is 5.69 Å². The molecular weight excluding hydrogens is 276 g/mol. The quantitative estimate of drug-likeness (QED) is 0.837. The van der Waals surface area contributed by atoms with Gasteiger partial charge in [0.15, 0.2) is 0 Å². The van der Waals surface area contributed by atoms with Crippen LogP contribution in [-0.2, 0) is 4.79 Å². The van der Waals surface area contributed by atoms with Crippen molar-refractivity contribution in [1.82, 2.24) is 4.90 Å². The summed E-state index contributed by atoms with van der Waals surface area (Å²) in [6, 6.07) is 5.26. The van der Waals surface area contributed by atoms with Crippen LogP contribution in [0.3, 0.4) is 0 Å². The standard InChI is InChI=1S/C15H19ClN2O2/c1-15(2)14(20)13(18-7-3-4-12(18)19)10-8-9(16)5-6-11(10)17-15/h5-6,8,13-14,17,20H,3-4,7H2,1-2H3/t13-,14+/m1/s1. The Morgan fingerprint density at radius 1 is 1.45 bits per heavy atom. The molecule has 0 saturated carbocycles. The number of rotatable bonds is 1. The Morgan fingerprint density at radius 2 is 2.20 bits per heavy atom. The molecule has 2 N–H and O–H groups in total. The van der Waals surface area contributed by atoms with Crippen LogP contribution >= 0.6 is 11.6 Å². The summed E-state index contributed by atoms with van der Waals surface area (Å²) in [4.78, 5) is 13.9. The molecule has 0 radical (unpaired) electrons. The summed E-state index contributed by atoms with van der Waals surface area (Å²) in [5.41, 5.74) is 1.35. The van der Waals surface area contributed by atoms with Gasteiger partial charge in [-0.25, -0.2) is 0 Å². The third-order valence-corrected chi connectivity index (χ3v) is 4.51. The highest BCUT2D eigenvalue weighted by molar-refractivity contribution is 6.30. The van der Waals surface area contributed by atoms with Crippen molar-refractivity contribution in [2.45, 2.75) is 44.4 Å². The second kappa shape index (κ2) is 4.64. The summed E-state index contributed by atoms with van der Waals surface area (Å²) in [5, 5.41) is 14.7. The fourth-order valence-corrected chi connectivity index (χ4v) is 3.36. The Labute approximate surface area is 123 Å². The van der Waals surface area contributed by atoms with Crippen LogP contribution in [0.2, 0.25) is 5.02 Å². The lowest BCUT2D eigenvalue weighted by molar-refractivity contribution is -0.133. The normalized spacial score (nSPS) is 28.2. The number of hydrogen-bond acceptors (Lipinski definition) is 3. The SMILES string of the molecule is CC1(C)Nc2ccc(Cl)cc2[C@@H](N2CCCC2=O)[C@@H]1O. The first-order chi connectivity index (χ1) is 9.40. The number of fused-ring (bicyclic) bond motifs is 1. The van der Waals surface area contributed by atoms with E-state index in [0.717, 1.165) is 17.7 Å². The highest BCUT2D eigenvalue weighted by atomic mass is 35.5. The van der Waals surface area contributed by atoms with E-state index in [-0.39, 0.29) is 11.9 Å². The number of aliphatic hydroxyl groups excluding tert-OH is 1. The van der Waals surface area contributed by atoms with Crippen molar-refractivity contribution in [2.24, 2.45) is 0 Å². The van der Waals surface area contributed by atoms with Crippen LogP contribution in [0.5, 0.6) is 0 Å². The lowest BCUT2D eigenvalue weighted by Crippen LogP contribution is -2.55.